The molecule has 0 aromatic heterocycles. The van der Waals surface area contributed by atoms with Crippen LogP contribution in [-0.4, -0.2) is 36.0 Å². The number of benzene rings is 2. The predicted molar refractivity (Wildman–Crippen MR) is 112 cm³/mol. The topological polar surface area (TPSA) is 109 Å². The molecule has 1 aliphatic heterocycles. The van der Waals surface area contributed by atoms with Crippen molar-refractivity contribution < 1.29 is 24.2 Å². The molecule has 0 fully saturated rings. The van der Waals surface area contributed by atoms with Crippen LogP contribution < -0.4 is 20.2 Å². The number of ether oxygens (including phenoxy) is 2. The molecule has 3 N–H and O–H groups in total. The summed E-state index contributed by atoms with van der Waals surface area (Å²) in [7, 11) is 0. The average molecular weight is 411 g/mol. The smallest absolute Gasteiger partial charge is 0.262 e. The number of phenols is 1. The highest BCUT2D eigenvalue weighted by molar-refractivity contribution is 5.98. The highest BCUT2D eigenvalue weighted by Crippen LogP contribution is 2.32. The number of fused-ring (bicyclic) bond motifs is 1. The molecule has 0 spiro atoms. The van der Waals surface area contributed by atoms with E-state index in [1.54, 1.807) is 44.2 Å². The summed E-state index contributed by atoms with van der Waals surface area (Å²) < 4.78 is 10.5. The molecule has 0 aliphatic carbocycles. The van der Waals surface area contributed by atoms with Crippen molar-refractivity contribution in [1.82, 2.24) is 10.7 Å². The van der Waals surface area contributed by atoms with Gasteiger partial charge in [0.05, 0.1) is 6.21 Å². The Kier molecular flexibility index (Phi) is 6.25. The fraction of sp³-hybridized carbons (Fsp3) is 0.318. The van der Waals surface area contributed by atoms with Crippen LogP contribution in [0.3, 0.4) is 0 Å². The Morgan fingerprint density at radius 2 is 1.77 bits per heavy atom. The third-order valence-electron chi connectivity index (χ3n) is 4.77. The summed E-state index contributed by atoms with van der Waals surface area (Å²) in [5.74, 6) is 0.341. The molecular formula is C22H25N3O5. The first-order valence-electron chi connectivity index (χ1n) is 9.60. The molecule has 2 aromatic rings. The van der Waals surface area contributed by atoms with Crippen LogP contribution in [0.1, 0.15) is 40.9 Å². The SMILES string of the molecule is Cc1cc(/C=N/NC(=O)C(NC(=O)c2ccc3c(c2)OCO3)C(C)C)cc(C)c1O. The number of phenolic OH excluding ortho intramolecular Hbond substituents is 1. The predicted octanol–water partition coefficient (Wildman–Crippen LogP) is 2.64. The van der Waals surface area contributed by atoms with Crippen molar-refractivity contribution in [3.63, 3.8) is 0 Å². The van der Waals surface area contributed by atoms with Crippen LogP contribution in [0.15, 0.2) is 35.4 Å². The molecular weight excluding hydrogens is 386 g/mol. The largest absolute Gasteiger partial charge is 0.507 e. The summed E-state index contributed by atoms with van der Waals surface area (Å²) in [6.07, 6.45) is 1.49. The summed E-state index contributed by atoms with van der Waals surface area (Å²) in [5, 5.41) is 16.6. The zero-order chi connectivity index (χ0) is 21.8. The lowest BCUT2D eigenvalue weighted by Crippen LogP contribution is -2.48. The van der Waals surface area contributed by atoms with Crippen LogP contribution in [0, 0.1) is 19.8 Å². The Hall–Kier alpha value is -3.55. The van der Waals surface area contributed by atoms with Gasteiger partial charge in [-0.1, -0.05) is 13.8 Å². The van der Waals surface area contributed by atoms with E-state index < -0.39 is 17.9 Å². The van der Waals surface area contributed by atoms with E-state index in [9.17, 15) is 14.7 Å². The van der Waals surface area contributed by atoms with Crippen LogP contribution in [0.2, 0.25) is 0 Å². The van der Waals surface area contributed by atoms with E-state index in [0.29, 0.717) is 17.1 Å². The molecule has 1 heterocycles. The highest BCUT2D eigenvalue weighted by Gasteiger charge is 2.25. The number of aryl methyl sites for hydroxylation is 2. The van der Waals surface area contributed by atoms with Gasteiger partial charge < -0.3 is 19.9 Å². The van der Waals surface area contributed by atoms with Gasteiger partial charge in [0.25, 0.3) is 11.8 Å². The lowest BCUT2D eigenvalue weighted by Gasteiger charge is -2.20. The fourth-order valence-electron chi connectivity index (χ4n) is 3.10. The minimum atomic E-state index is -0.775. The molecule has 0 saturated heterocycles. The van der Waals surface area contributed by atoms with Crippen LogP contribution in [0.5, 0.6) is 17.2 Å². The Balaban J connectivity index is 1.65. The lowest BCUT2D eigenvalue weighted by molar-refractivity contribution is -0.123. The first-order chi connectivity index (χ1) is 14.3. The van der Waals surface area contributed by atoms with E-state index in [2.05, 4.69) is 15.8 Å². The lowest BCUT2D eigenvalue weighted by atomic mass is 10.0. The molecule has 8 heteroatoms. The van der Waals surface area contributed by atoms with E-state index in [-0.39, 0.29) is 18.5 Å². The van der Waals surface area contributed by atoms with Crippen molar-refractivity contribution in [2.24, 2.45) is 11.0 Å². The van der Waals surface area contributed by atoms with Gasteiger partial charge in [0.1, 0.15) is 11.8 Å². The number of carbonyl (C=O) groups excluding carboxylic acids is 2. The maximum Gasteiger partial charge on any atom is 0.262 e. The second-order valence-corrected chi connectivity index (χ2v) is 7.50. The number of aromatic hydroxyl groups is 1. The van der Waals surface area contributed by atoms with Crippen molar-refractivity contribution in [2.45, 2.75) is 33.7 Å². The number of carbonyl (C=O) groups is 2. The molecule has 158 valence electrons. The van der Waals surface area contributed by atoms with Crippen molar-refractivity contribution in [2.75, 3.05) is 6.79 Å². The Bertz CT molecular complexity index is 977. The second-order valence-electron chi connectivity index (χ2n) is 7.50. The minimum Gasteiger partial charge on any atom is -0.507 e. The van der Waals surface area contributed by atoms with Gasteiger partial charge in [0, 0.05) is 5.56 Å². The molecule has 1 atom stereocenters. The fourth-order valence-corrected chi connectivity index (χ4v) is 3.10. The Morgan fingerprint density at radius 1 is 1.10 bits per heavy atom. The third-order valence-corrected chi connectivity index (χ3v) is 4.77. The second kappa shape index (κ2) is 8.86. The molecule has 30 heavy (non-hydrogen) atoms. The molecule has 2 amide bonds. The molecule has 2 aromatic carbocycles. The molecule has 0 radical (unpaired) electrons. The number of nitrogens with one attached hydrogen (secondary N) is 2. The zero-order valence-electron chi connectivity index (χ0n) is 17.4. The minimum absolute atomic E-state index is 0.121. The van der Waals surface area contributed by atoms with E-state index >= 15 is 0 Å². The van der Waals surface area contributed by atoms with Crippen LogP contribution in [0.25, 0.3) is 0 Å². The molecule has 0 saturated carbocycles. The number of rotatable bonds is 6. The van der Waals surface area contributed by atoms with Gasteiger partial charge in [-0.25, -0.2) is 5.43 Å². The average Bonchev–Trinajstić information content (AvgIpc) is 3.17. The maximum absolute atomic E-state index is 12.6. The number of amides is 2. The van der Waals surface area contributed by atoms with Gasteiger partial charge in [-0.05, 0) is 66.8 Å². The van der Waals surface area contributed by atoms with Crippen molar-refractivity contribution in [3.05, 3.63) is 52.6 Å². The van der Waals surface area contributed by atoms with Gasteiger partial charge in [-0.2, -0.15) is 5.10 Å². The van der Waals surface area contributed by atoms with E-state index in [1.807, 2.05) is 13.8 Å². The molecule has 1 aliphatic rings. The van der Waals surface area contributed by atoms with Crippen LogP contribution in [0.4, 0.5) is 0 Å². The van der Waals surface area contributed by atoms with Crippen molar-refractivity contribution >= 4 is 18.0 Å². The van der Waals surface area contributed by atoms with Crippen molar-refractivity contribution in [1.29, 1.82) is 0 Å². The number of hydrazone groups is 1. The monoisotopic (exact) mass is 411 g/mol. The van der Waals surface area contributed by atoms with E-state index in [1.165, 1.54) is 6.21 Å². The van der Waals surface area contributed by atoms with Gasteiger partial charge in [-0.15, -0.1) is 0 Å². The van der Waals surface area contributed by atoms with Gasteiger partial charge in [-0.3, -0.25) is 9.59 Å². The Labute approximate surface area is 174 Å². The summed E-state index contributed by atoms with van der Waals surface area (Å²) >= 11 is 0. The van der Waals surface area contributed by atoms with Crippen molar-refractivity contribution in [3.8, 4) is 17.2 Å². The highest BCUT2D eigenvalue weighted by atomic mass is 16.7. The molecule has 1 unspecified atom stereocenters. The summed E-state index contributed by atoms with van der Waals surface area (Å²) in [6, 6.07) is 7.61. The van der Waals surface area contributed by atoms with E-state index in [0.717, 1.165) is 16.7 Å². The van der Waals surface area contributed by atoms with E-state index in [4.69, 9.17) is 9.47 Å². The normalized spacial score (nSPS) is 13.5. The summed E-state index contributed by atoms with van der Waals surface area (Å²) in [6.45, 7) is 7.37. The first-order valence-corrected chi connectivity index (χ1v) is 9.60. The number of hydrogen-bond acceptors (Lipinski definition) is 6. The Morgan fingerprint density at radius 3 is 2.43 bits per heavy atom. The maximum atomic E-state index is 12.6. The first kappa shape index (κ1) is 21.2. The molecule has 0 bridgehead atoms. The van der Waals surface area contributed by atoms with Gasteiger partial charge >= 0.3 is 0 Å². The van der Waals surface area contributed by atoms with Gasteiger partial charge in [0.2, 0.25) is 6.79 Å². The molecule has 8 nitrogen and oxygen atoms in total. The standard InChI is InChI=1S/C22H25N3O5/c1-12(2)19(24-21(27)16-5-6-17-18(9-16)30-11-29-17)22(28)25-23-10-15-7-13(3)20(26)14(4)8-15/h5-10,12,19,26H,11H2,1-4H3,(H,24,27)(H,25,28)/b23-10+. The number of hydrogen-bond donors (Lipinski definition) is 3. The van der Waals surface area contributed by atoms with Gasteiger partial charge in [0.15, 0.2) is 11.5 Å². The number of nitrogens with zero attached hydrogens (tertiary/aromatic N) is 1. The third kappa shape index (κ3) is 4.71. The zero-order valence-corrected chi connectivity index (χ0v) is 17.4. The van der Waals surface area contributed by atoms with Crippen LogP contribution >= 0.6 is 0 Å². The molecule has 3 rings (SSSR count). The summed E-state index contributed by atoms with van der Waals surface area (Å²) in [4.78, 5) is 25.2. The van der Waals surface area contributed by atoms with Crippen LogP contribution in [-0.2, 0) is 4.79 Å². The summed E-state index contributed by atoms with van der Waals surface area (Å²) in [5.41, 5.74) is 5.03. The quantitative estimate of drug-likeness (QED) is 0.500.